The summed E-state index contributed by atoms with van der Waals surface area (Å²) < 4.78 is 5.54. The van der Waals surface area contributed by atoms with Crippen molar-refractivity contribution in [1.29, 1.82) is 0 Å². The molecule has 1 aliphatic rings. The number of ether oxygens (including phenoxy) is 1. The summed E-state index contributed by atoms with van der Waals surface area (Å²) in [6, 6.07) is 10.2. The summed E-state index contributed by atoms with van der Waals surface area (Å²) in [7, 11) is 0. The highest BCUT2D eigenvalue weighted by Gasteiger charge is 2.33. The Hall–Kier alpha value is -2.03. The van der Waals surface area contributed by atoms with Gasteiger partial charge >= 0.3 is 6.09 Å². The van der Waals surface area contributed by atoms with Crippen molar-refractivity contribution < 1.29 is 9.53 Å². The molecule has 1 aliphatic heterocycles. The highest BCUT2D eigenvalue weighted by atomic mass is 16.6. The first kappa shape index (κ1) is 16.3. The monoisotopic (exact) mass is 299 g/mol. The average molecular weight is 299 g/mol. The van der Waals surface area contributed by atoms with Gasteiger partial charge in [-0.25, -0.2) is 4.79 Å². The van der Waals surface area contributed by atoms with Gasteiger partial charge in [0.15, 0.2) is 0 Å². The van der Waals surface area contributed by atoms with Crippen molar-refractivity contribution in [3.05, 3.63) is 61.2 Å². The molecule has 3 nitrogen and oxygen atoms in total. The van der Waals surface area contributed by atoms with Gasteiger partial charge in [-0.15, -0.1) is 13.2 Å². The predicted octanol–water partition coefficient (Wildman–Crippen LogP) is 4.70. The molecule has 1 aromatic carbocycles. The lowest BCUT2D eigenvalue weighted by Gasteiger charge is -2.41. The summed E-state index contributed by atoms with van der Waals surface area (Å²) in [5.41, 5.74) is 1.01. The van der Waals surface area contributed by atoms with Crippen LogP contribution in [0.5, 0.6) is 0 Å². The van der Waals surface area contributed by atoms with Gasteiger partial charge in [-0.3, -0.25) is 0 Å². The lowest BCUT2D eigenvalue weighted by Crippen LogP contribution is -2.50. The number of hydrogen-bond donors (Lipinski definition) is 0. The molecule has 0 N–H and O–H groups in total. The van der Waals surface area contributed by atoms with E-state index in [-0.39, 0.29) is 18.2 Å². The van der Waals surface area contributed by atoms with E-state index in [1.807, 2.05) is 47.4 Å². The summed E-state index contributed by atoms with van der Waals surface area (Å²) in [5.74, 6) is 0. The van der Waals surface area contributed by atoms with Crippen LogP contribution >= 0.6 is 0 Å². The average Bonchev–Trinajstić information content (AvgIpc) is 2.54. The van der Waals surface area contributed by atoms with Gasteiger partial charge in [0.2, 0.25) is 0 Å². The Morgan fingerprint density at radius 2 is 1.73 bits per heavy atom. The predicted molar refractivity (Wildman–Crippen MR) is 89.5 cm³/mol. The van der Waals surface area contributed by atoms with E-state index in [0.29, 0.717) is 6.61 Å². The molecule has 2 atom stereocenters. The van der Waals surface area contributed by atoms with Crippen molar-refractivity contribution >= 4 is 6.09 Å². The Morgan fingerprint density at radius 3 is 2.27 bits per heavy atom. The minimum absolute atomic E-state index is 0.194. The molecule has 0 spiro atoms. The maximum Gasteiger partial charge on any atom is 0.410 e. The van der Waals surface area contributed by atoms with Crippen molar-refractivity contribution in [3.8, 4) is 0 Å². The molecule has 1 saturated heterocycles. The van der Waals surface area contributed by atoms with Crippen LogP contribution in [0.1, 0.15) is 37.7 Å². The summed E-state index contributed by atoms with van der Waals surface area (Å²) in [6.45, 7) is 7.95. The number of piperidine rings is 1. The maximum absolute atomic E-state index is 12.6. The number of carbonyl (C=O) groups is 1. The fraction of sp³-hybridized carbons (Fsp3) is 0.421. The Kier molecular flexibility index (Phi) is 6.26. The highest BCUT2D eigenvalue weighted by Crippen LogP contribution is 2.28. The molecular formula is C19H25NO2. The van der Waals surface area contributed by atoms with Gasteiger partial charge in [0.1, 0.15) is 6.61 Å². The molecule has 0 bridgehead atoms. The van der Waals surface area contributed by atoms with Crippen LogP contribution < -0.4 is 0 Å². The first-order chi connectivity index (χ1) is 10.8. The number of benzene rings is 1. The van der Waals surface area contributed by atoms with E-state index >= 15 is 0 Å². The Bertz CT molecular complexity index is 479. The van der Waals surface area contributed by atoms with Crippen molar-refractivity contribution in [2.75, 3.05) is 0 Å². The zero-order valence-corrected chi connectivity index (χ0v) is 13.1. The molecule has 0 aromatic heterocycles. The summed E-state index contributed by atoms with van der Waals surface area (Å²) in [4.78, 5) is 14.5. The Morgan fingerprint density at radius 1 is 1.14 bits per heavy atom. The van der Waals surface area contributed by atoms with Crippen LogP contribution in [0.2, 0.25) is 0 Å². The molecule has 1 amide bonds. The summed E-state index contributed by atoms with van der Waals surface area (Å²) in [6.07, 6.45) is 8.35. The second-order valence-electron chi connectivity index (χ2n) is 5.73. The molecule has 1 aromatic rings. The van der Waals surface area contributed by atoms with E-state index < -0.39 is 0 Å². The third kappa shape index (κ3) is 4.23. The molecule has 1 fully saturated rings. The van der Waals surface area contributed by atoms with Crippen LogP contribution in [0, 0.1) is 0 Å². The first-order valence-corrected chi connectivity index (χ1v) is 7.97. The van der Waals surface area contributed by atoms with Gasteiger partial charge < -0.3 is 9.64 Å². The fourth-order valence-corrected chi connectivity index (χ4v) is 3.10. The molecule has 22 heavy (non-hydrogen) atoms. The van der Waals surface area contributed by atoms with Gasteiger partial charge in [0.25, 0.3) is 0 Å². The minimum Gasteiger partial charge on any atom is -0.445 e. The smallest absolute Gasteiger partial charge is 0.410 e. The topological polar surface area (TPSA) is 29.5 Å². The van der Waals surface area contributed by atoms with Crippen molar-refractivity contribution in [1.82, 2.24) is 4.90 Å². The SMILES string of the molecule is C=CC[C@@H]1CCC[C@H](CC=C)N1C(=O)OCc1ccccc1. The molecule has 118 valence electrons. The number of amides is 1. The number of rotatable bonds is 6. The molecule has 3 heteroatoms. The highest BCUT2D eigenvalue weighted by molar-refractivity contribution is 5.68. The number of hydrogen-bond acceptors (Lipinski definition) is 2. The standard InChI is InChI=1S/C19H25NO2/c1-3-9-17-13-8-14-18(10-4-2)20(17)19(21)22-15-16-11-6-5-7-12-16/h3-7,11-12,17-18H,1-2,8-10,13-15H2/t17-,18+. The van der Waals surface area contributed by atoms with Crippen LogP contribution in [-0.4, -0.2) is 23.1 Å². The fourth-order valence-electron chi connectivity index (χ4n) is 3.10. The molecule has 0 unspecified atom stereocenters. The molecule has 0 aliphatic carbocycles. The van der Waals surface area contributed by atoms with E-state index in [4.69, 9.17) is 4.74 Å². The quantitative estimate of drug-likeness (QED) is 0.713. The van der Waals surface area contributed by atoms with Crippen molar-refractivity contribution in [2.45, 2.75) is 50.8 Å². The van der Waals surface area contributed by atoms with Gasteiger partial charge in [-0.2, -0.15) is 0 Å². The third-order valence-electron chi connectivity index (χ3n) is 4.15. The zero-order valence-electron chi connectivity index (χ0n) is 13.1. The van der Waals surface area contributed by atoms with Crippen LogP contribution in [0.4, 0.5) is 4.79 Å². The normalized spacial score (nSPS) is 21.2. The molecular weight excluding hydrogens is 274 g/mol. The largest absolute Gasteiger partial charge is 0.445 e. The molecule has 1 heterocycles. The maximum atomic E-state index is 12.6. The van der Waals surface area contributed by atoms with Crippen LogP contribution in [-0.2, 0) is 11.3 Å². The van der Waals surface area contributed by atoms with Gasteiger partial charge in [0.05, 0.1) is 0 Å². The molecule has 0 saturated carbocycles. The second-order valence-corrected chi connectivity index (χ2v) is 5.73. The summed E-state index contributed by atoms with van der Waals surface area (Å²) >= 11 is 0. The molecule has 2 rings (SSSR count). The zero-order chi connectivity index (χ0) is 15.8. The summed E-state index contributed by atoms with van der Waals surface area (Å²) in [5, 5.41) is 0. The number of nitrogens with zero attached hydrogens (tertiary/aromatic N) is 1. The van der Waals surface area contributed by atoms with Crippen molar-refractivity contribution in [3.63, 3.8) is 0 Å². The van der Waals surface area contributed by atoms with E-state index in [0.717, 1.165) is 37.7 Å². The second kappa shape index (κ2) is 8.42. The molecule has 0 radical (unpaired) electrons. The lowest BCUT2D eigenvalue weighted by atomic mass is 9.92. The Balaban J connectivity index is 2.03. The number of carbonyl (C=O) groups excluding carboxylic acids is 1. The van der Waals surface area contributed by atoms with Gasteiger partial charge in [0, 0.05) is 12.1 Å². The third-order valence-corrected chi connectivity index (χ3v) is 4.15. The van der Waals surface area contributed by atoms with Crippen molar-refractivity contribution in [2.24, 2.45) is 0 Å². The van der Waals surface area contributed by atoms with E-state index in [2.05, 4.69) is 13.2 Å². The van der Waals surface area contributed by atoms with Gasteiger partial charge in [-0.05, 0) is 37.7 Å². The first-order valence-electron chi connectivity index (χ1n) is 7.97. The number of likely N-dealkylation sites (tertiary alicyclic amines) is 1. The van der Waals surface area contributed by atoms with Crippen LogP contribution in [0.25, 0.3) is 0 Å². The van der Waals surface area contributed by atoms with E-state index in [1.165, 1.54) is 0 Å². The van der Waals surface area contributed by atoms with Crippen LogP contribution in [0.15, 0.2) is 55.6 Å². The van der Waals surface area contributed by atoms with E-state index in [9.17, 15) is 4.79 Å². The van der Waals surface area contributed by atoms with Crippen LogP contribution in [0.3, 0.4) is 0 Å². The Labute approximate surface area is 133 Å². The minimum atomic E-state index is -0.220. The van der Waals surface area contributed by atoms with Gasteiger partial charge in [-0.1, -0.05) is 42.5 Å². The lowest BCUT2D eigenvalue weighted by molar-refractivity contribution is 0.0430. The van der Waals surface area contributed by atoms with E-state index in [1.54, 1.807) is 0 Å².